The number of nitrogens with one attached hydrogen (secondary N) is 1. The van der Waals surface area contributed by atoms with E-state index < -0.39 is 4.92 Å². The van der Waals surface area contributed by atoms with Crippen LogP contribution in [0.4, 0.5) is 11.5 Å². The van der Waals surface area contributed by atoms with E-state index in [1.165, 1.54) is 31.5 Å². The first-order valence-corrected chi connectivity index (χ1v) is 6.90. The Labute approximate surface area is 118 Å². The lowest BCUT2D eigenvalue weighted by Gasteiger charge is -2.28. The smallest absolute Gasteiger partial charge is 0.312 e. The third-order valence-corrected chi connectivity index (χ3v) is 4.01. The molecular formula is C14H18N4O2. The Balaban J connectivity index is 2.09. The maximum absolute atomic E-state index is 11.0. The highest BCUT2D eigenvalue weighted by atomic mass is 16.6. The minimum absolute atomic E-state index is 0.132. The monoisotopic (exact) mass is 274 g/mol. The van der Waals surface area contributed by atoms with Gasteiger partial charge in [-0.15, -0.1) is 0 Å². The molecule has 0 radical (unpaired) electrons. The van der Waals surface area contributed by atoms with Crippen molar-refractivity contribution in [1.82, 2.24) is 4.98 Å². The van der Waals surface area contributed by atoms with Crippen LogP contribution in [0.3, 0.4) is 0 Å². The van der Waals surface area contributed by atoms with Crippen LogP contribution in [-0.2, 0) is 0 Å². The summed E-state index contributed by atoms with van der Waals surface area (Å²) in [6.07, 6.45) is 6.22. The second-order valence-corrected chi connectivity index (χ2v) is 5.36. The summed E-state index contributed by atoms with van der Waals surface area (Å²) in [5.74, 6) is 1.42. The second kappa shape index (κ2) is 6.33. The van der Waals surface area contributed by atoms with Gasteiger partial charge in [-0.25, -0.2) is 4.98 Å². The summed E-state index contributed by atoms with van der Waals surface area (Å²) < 4.78 is 0. The maximum atomic E-state index is 11.0. The molecule has 0 saturated heterocycles. The van der Waals surface area contributed by atoms with Crippen LogP contribution in [0.2, 0.25) is 0 Å². The maximum Gasteiger partial charge on any atom is 0.312 e. The zero-order chi connectivity index (χ0) is 14.5. The van der Waals surface area contributed by atoms with Crippen LogP contribution in [0.25, 0.3) is 0 Å². The van der Waals surface area contributed by atoms with Crippen LogP contribution >= 0.6 is 0 Å². The molecule has 2 atom stereocenters. The molecule has 6 heteroatoms. The summed E-state index contributed by atoms with van der Waals surface area (Å²) in [5.41, 5.74) is 0.0702. The summed E-state index contributed by atoms with van der Waals surface area (Å²) >= 11 is 0. The molecule has 0 aromatic carbocycles. The molecule has 0 amide bonds. The van der Waals surface area contributed by atoms with Crippen LogP contribution < -0.4 is 5.32 Å². The van der Waals surface area contributed by atoms with Crippen molar-refractivity contribution in [3.63, 3.8) is 0 Å². The van der Waals surface area contributed by atoms with Crippen molar-refractivity contribution in [2.75, 3.05) is 11.9 Å². The highest BCUT2D eigenvalue weighted by molar-refractivity contribution is 5.58. The van der Waals surface area contributed by atoms with Gasteiger partial charge in [0.15, 0.2) is 0 Å². The summed E-state index contributed by atoms with van der Waals surface area (Å²) in [5, 5.41) is 22.9. The van der Waals surface area contributed by atoms with Crippen molar-refractivity contribution < 1.29 is 4.92 Å². The predicted octanol–water partition coefficient (Wildman–Crippen LogP) is 3.10. The zero-order valence-electron chi connectivity index (χ0n) is 11.5. The molecule has 1 heterocycles. The van der Waals surface area contributed by atoms with Gasteiger partial charge in [0, 0.05) is 18.8 Å². The van der Waals surface area contributed by atoms with Crippen molar-refractivity contribution in [3.05, 3.63) is 27.9 Å². The van der Waals surface area contributed by atoms with Crippen molar-refractivity contribution in [1.29, 1.82) is 5.26 Å². The molecule has 2 rings (SSSR count). The van der Waals surface area contributed by atoms with Crippen molar-refractivity contribution in [2.24, 2.45) is 11.8 Å². The SMILES string of the molecule is CC1CCCCC1CNc1ncc(C#N)cc1[N+](=O)[O-]. The third kappa shape index (κ3) is 3.23. The number of rotatable bonds is 4. The fourth-order valence-electron chi connectivity index (χ4n) is 2.71. The number of nitrogens with zero attached hydrogens (tertiary/aromatic N) is 3. The fourth-order valence-corrected chi connectivity index (χ4v) is 2.71. The van der Waals surface area contributed by atoms with Crippen molar-refractivity contribution in [3.8, 4) is 6.07 Å². The average molecular weight is 274 g/mol. The van der Waals surface area contributed by atoms with E-state index in [0.29, 0.717) is 18.4 Å². The number of hydrogen-bond acceptors (Lipinski definition) is 5. The standard InChI is InChI=1S/C14H18N4O2/c1-10-4-2-3-5-12(10)9-17-14-13(18(19)20)6-11(7-15)8-16-14/h6,8,10,12H,2-5,9H2,1H3,(H,16,17). The van der Waals surface area contributed by atoms with E-state index in [1.54, 1.807) is 0 Å². The second-order valence-electron chi connectivity index (χ2n) is 5.36. The molecule has 1 N–H and O–H groups in total. The van der Waals surface area contributed by atoms with Crippen molar-refractivity contribution >= 4 is 11.5 Å². The Hall–Kier alpha value is -2.16. The molecular weight excluding hydrogens is 256 g/mol. The lowest BCUT2D eigenvalue weighted by atomic mass is 9.80. The van der Waals surface area contributed by atoms with E-state index in [0.717, 1.165) is 6.42 Å². The Morgan fingerprint density at radius 2 is 2.30 bits per heavy atom. The number of anilines is 1. The van der Waals surface area contributed by atoms with Crippen LogP contribution in [0, 0.1) is 33.3 Å². The van der Waals surface area contributed by atoms with Gasteiger partial charge >= 0.3 is 5.69 Å². The van der Waals surface area contributed by atoms with Crippen LogP contribution in [0.1, 0.15) is 38.2 Å². The molecule has 20 heavy (non-hydrogen) atoms. The van der Waals surface area contributed by atoms with Gasteiger partial charge in [0.05, 0.1) is 10.5 Å². The molecule has 2 unspecified atom stereocenters. The molecule has 0 aliphatic heterocycles. The summed E-state index contributed by atoms with van der Waals surface area (Å²) in [6.45, 7) is 2.92. The molecule has 0 bridgehead atoms. The molecule has 0 spiro atoms. The van der Waals surface area contributed by atoms with Gasteiger partial charge in [0.25, 0.3) is 0 Å². The largest absolute Gasteiger partial charge is 0.364 e. The third-order valence-electron chi connectivity index (χ3n) is 4.01. The van der Waals surface area contributed by atoms with Gasteiger partial charge in [0.1, 0.15) is 6.07 Å². The molecule has 1 saturated carbocycles. The highest BCUT2D eigenvalue weighted by Gasteiger charge is 2.23. The fraction of sp³-hybridized carbons (Fsp3) is 0.571. The van der Waals surface area contributed by atoms with Crippen LogP contribution in [0.15, 0.2) is 12.3 Å². The topological polar surface area (TPSA) is 91.8 Å². The predicted molar refractivity (Wildman–Crippen MR) is 75.2 cm³/mol. The zero-order valence-corrected chi connectivity index (χ0v) is 11.5. The van der Waals surface area contributed by atoms with E-state index in [-0.39, 0.29) is 17.1 Å². The van der Waals surface area contributed by atoms with E-state index in [4.69, 9.17) is 5.26 Å². The van der Waals surface area contributed by atoms with E-state index in [9.17, 15) is 10.1 Å². The molecule has 6 nitrogen and oxygen atoms in total. The van der Waals surface area contributed by atoms with Gasteiger partial charge in [0.2, 0.25) is 5.82 Å². The summed E-state index contributed by atoms with van der Waals surface area (Å²) in [4.78, 5) is 14.5. The van der Waals surface area contributed by atoms with Crippen LogP contribution in [-0.4, -0.2) is 16.5 Å². The lowest BCUT2D eigenvalue weighted by molar-refractivity contribution is -0.384. The van der Waals surface area contributed by atoms with E-state index in [1.807, 2.05) is 6.07 Å². The Morgan fingerprint density at radius 3 is 2.95 bits per heavy atom. The van der Waals surface area contributed by atoms with Gasteiger partial charge in [-0.2, -0.15) is 5.26 Å². The Bertz CT molecular complexity index is 538. The number of pyridine rings is 1. The Morgan fingerprint density at radius 1 is 1.55 bits per heavy atom. The first-order valence-electron chi connectivity index (χ1n) is 6.90. The van der Waals surface area contributed by atoms with E-state index >= 15 is 0 Å². The number of nitro groups is 1. The van der Waals surface area contributed by atoms with Gasteiger partial charge in [-0.1, -0.05) is 26.2 Å². The normalized spacial score (nSPS) is 22.0. The van der Waals surface area contributed by atoms with Gasteiger partial charge < -0.3 is 5.32 Å². The number of hydrogen-bond donors (Lipinski definition) is 1. The first kappa shape index (κ1) is 14.3. The molecule has 106 valence electrons. The summed E-state index contributed by atoms with van der Waals surface area (Å²) in [7, 11) is 0. The van der Waals surface area contributed by atoms with Gasteiger partial charge in [-0.05, 0) is 18.3 Å². The minimum atomic E-state index is -0.500. The van der Waals surface area contributed by atoms with Gasteiger partial charge in [-0.3, -0.25) is 10.1 Å². The number of nitriles is 1. The lowest BCUT2D eigenvalue weighted by Crippen LogP contribution is -2.24. The minimum Gasteiger partial charge on any atom is -0.364 e. The molecule has 1 aliphatic rings. The van der Waals surface area contributed by atoms with E-state index in [2.05, 4.69) is 17.2 Å². The molecule has 1 fully saturated rings. The quantitative estimate of drug-likeness (QED) is 0.672. The summed E-state index contributed by atoms with van der Waals surface area (Å²) in [6, 6.07) is 3.13. The Kier molecular flexibility index (Phi) is 4.51. The highest BCUT2D eigenvalue weighted by Crippen LogP contribution is 2.30. The molecule has 1 aromatic heterocycles. The number of aromatic nitrogens is 1. The average Bonchev–Trinajstić information content (AvgIpc) is 2.46. The first-order chi connectivity index (χ1) is 9.61. The van der Waals surface area contributed by atoms with Crippen molar-refractivity contribution in [2.45, 2.75) is 32.6 Å². The molecule has 1 aliphatic carbocycles. The van der Waals surface area contributed by atoms with Crippen LogP contribution in [0.5, 0.6) is 0 Å². The molecule has 1 aromatic rings.